The van der Waals surface area contributed by atoms with E-state index in [2.05, 4.69) is 62.7 Å². The Bertz CT molecular complexity index is 485. The van der Waals surface area contributed by atoms with Gasteiger partial charge in [0.1, 0.15) is 5.69 Å². The van der Waals surface area contributed by atoms with E-state index in [-0.39, 0.29) is 0 Å². The Labute approximate surface area is 116 Å². The van der Waals surface area contributed by atoms with Crippen LogP contribution in [0.4, 0.5) is 0 Å². The number of hydrogen-bond acceptors (Lipinski definition) is 3. The second-order valence-electron chi connectivity index (χ2n) is 4.23. The second kappa shape index (κ2) is 6.11. The van der Waals surface area contributed by atoms with Crippen LogP contribution in [0.1, 0.15) is 18.9 Å². The minimum atomic E-state index is 0.779. The Balaban J connectivity index is 2.13. The molecule has 0 saturated heterocycles. The highest BCUT2D eigenvalue weighted by atomic mass is 79.9. The maximum Gasteiger partial charge on any atom is 0.156 e. The SMILES string of the molecule is CCCNCc1ccc(-c2c(Br)nnn2C)cc1. The summed E-state index contributed by atoms with van der Waals surface area (Å²) < 4.78 is 2.55. The van der Waals surface area contributed by atoms with Gasteiger partial charge in [-0.25, -0.2) is 4.68 Å². The molecule has 5 heteroatoms. The number of hydrogen-bond donors (Lipinski definition) is 1. The fourth-order valence-electron chi connectivity index (χ4n) is 1.83. The van der Waals surface area contributed by atoms with Gasteiger partial charge in [0.15, 0.2) is 4.60 Å². The van der Waals surface area contributed by atoms with Gasteiger partial charge in [-0.3, -0.25) is 0 Å². The third-order valence-electron chi connectivity index (χ3n) is 2.77. The Morgan fingerprint density at radius 3 is 2.56 bits per heavy atom. The summed E-state index contributed by atoms with van der Waals surface area (Å²) in [6.07, 6.45) is 1.16. The van der Waals surface area contributed by atoms with Crippen LogP contribution in [0.15, 0.2) is 28.9 Å². The molecule has 1 aromatic carbocycles. The fraction of sp³-hybridized carbons (Fsp3) is 0.385. The van der Waals surface area contributed by atoms with E-state index in [0.29, 0.717) is 0 Å². The first-order valence-corrected chi connectivity index (χ1v) is 6.87. The molecule has 0 aliphatic heterocycles. The molecule has 0 fully saturated rings. The summed E-state index contributed by atoms with van der Waals surface area (Å²) in [5.41, 5.74) is 3.41. The third kappa shape index (κ3) is 2.97. The van der Waals surface area contributed by atoms with Crippen molar-refractivity contribution in [3.63, 3.8) is 0 Å². The Hall–Kier alpha value is -1.20. The Morgan fingerprint density at radius 1 is 1.28 bits per heavy atom. The van der Waals surface area contributed by atoms with Crippen LogP contribution in [0, 0.1) is 0 Å². The summed E-state index contributed by atoms with van der Waals surface area (Å²) in [5, 5.41) is 11.4. The molecule has 1 heterocycles. The molecule has 0 aliphatic carbocycles. The molecule has 0 amide bonds. The van der Waals surface area contributed by atoms with E-state index in [1.54, 1.807) is 4.68 Å². The number of nitrogens with one attached hydrogen (secondary N) is 1. The van der Waals surface area contributed by atoms with Gasteiger partial charge < -0.3 is 5.32 Å². The monoisotopic (exact) mass is 308 g/mol. The highest BCUT2D eigenvalue weighted by Crippen LogP contribution is 2.25. The van der Waals surface area contributed by atoms with E-state index in [0.717, 1.165) is 35.4 Å². The first-order chi connectivity index (χ1) is 8.72. The van der Waals surface area contributed by atoms with E-state index in [1.165, 1.54) is 5.56 Å². The minimum absolute atomic E-state index is 0.779. The van der Waals surface area contributed by atoms with E-state index in [4.69, 9.17) is 0 Å². The van der Waals surface area contributed by atoms with E-state index in [9.17, 15) is 0 Å². The molecule has 4 nitrogen and oxygen atoms in total. The van der Waals surface area contributed by atoms with Gasteiger partial charge in [0.25, 0.3) is 0 Å². The van der Waals surface area contributed by atoms with Crippen molar-refractivity contribution in [3.05, 3.63) is 34.4 Å². The summed E-state index contributed by atoms with van der Waals surface area (Å²) in [6.45, 7) is 4.14. The molecular weight excluding hydrogens is 292 g/mol. The van der Waals surface area contributed by atoms with Crippen LogP contribution in [0.2, 0.25) is 0 Å². The molecule has 2 aromatic rings. The van der Waals surface area contributed by atoms with Gasteiger partial charge in [0.05, 0.1) is 0 Å². The molecule has 0 saturated carbocycles. The lowest BCUT2D eigenvalue weighted by atomic mass is 10.1. The average Bonchev–Trinajstić information content (AvgIpc) is 2.71. The zero-order valence-electron chi connectivity index (χ0n) is 10.7. The molecule has 18 heavy (non-hydrogen) atoms. The van der Waals surface area contributed by atoms with Crippen molar-refractivity contribution in [2.24, 2.45) is 7.05 Å². The predicted octanol–water partition coefficient (Wildman–Crippen LogP) is 2.74. The van der Waals surface area contributed by atoms with Crippen molar-refractivity contribution in [1.29, 1.82) is 0 Å². The summed E-state index contributed by atoms with van der Waals surface area (Å²) in [4.78, 5) is 0. The summed E-state index contributed by atoms with van der Waals surface area (Å²) in [7, 11) is 1.89. The van der Waals surface area contributed by atoms with Gasteiger partial charge in [-0.15, -0.1) is 5.10 Å². The van der Waals surface area contributed by atoms with Crippen molar-refractivity contribution < 1.29 is 0 Å². The van der Waals surface area contributed by atoms with Crippen molar-refractivity contribution in [3.8, 4) is 11.3 Å². The van der Waals surface area contributed by atoms with Gasteiger partial charge >= 0.3 is 0 Å². The number of benzene rings is 1. The topological polar surface area (TPSA) is 42.7 Å². The van der Waals surface area contributed by atoms with Gasteiger partial charge in [0.2, 0.25) is 0 Å². The van der Waals surface area contributed by atoms with Crippen LogP contribution in [-0.4, -0.2) is 21.5 Å². The molecule has 0 radical (unpaired) electrons. The third-order valence-corrected chi connectivity index (χ3v) is 3.30. The number of halogens is 1. The van der Waals surface area contributed by atoms with Gasteiger partial charge in [-0.05, 0) is 34.5 Å². The lowest BCUT2D eigenvalue weighted by molar-refractivity contribution is 0.675. The summed E-state index contributed by atoms with van der Waals surface area (Å²) >= 11 is 3.42. The Morgan fingerprint density at radius 2 is 2.00 bits per heavy atom. The highest BCUT2D eigenvalue weighted by Gasteiger charge is 2.09. The number of rotatable bonds is 5. The summed E-state index contributed by atoms with van der Waals surface area (Å²) in [5.74, 6) is 0. The summed E-state index contributed by atoms with van der Waals surface area (Å²) in [6, 6.07) is 8.48. The molecule has 96 valence electrons. The zero-order chi connectivity index (χ0) is 13.0. The van der Waals surface area contributed by atoms with Crippen LogP contribution in [0.3, 0.4) is 0 Å². The lowest BCUT2D eigenvalue weighted by Crippen LogP contribution is -2.13. The molecule has 0 spiro atoms. The van der Waals surface area contributed by atoms with Crippen LogP contribution >= 0.6 is 15.9 Å². The van der Waals surface area contributed by atoms with Crippen LogP contribution in [0.25, 0.3) is 11.3 Å². The lowest BCUT2D eigenvalue weighted by Gasteiger charge is -2.05. The quantitative estimate of drug-likeness (QED) is 0.864. The maximum atomic E-state index is 3.99. The van der Waals surface area contributed by atoms with Crippen molar-refractivity contribution >= 4 is 15.9 Å². The van der Waals surface area contributed by atoms with Crippen molar-refractivity contribution in [1.82, 2.24) is 20.3 Å². The van der Waals surface area contributed by atoms with E-state index in [1.807, 2.05) is 7.05 Å². The number of aryl methyl sites for hydroxylation is 1. The van der Waals surface area contributed by atoms with Crippen molar-refractivity contribution in [2.45, 2.75) is 19.9 Å². The van der Waals surface area contributed by atoms with Crippen LogP contribution in [-0.2, 0) is 13.6 Å². The first kappa shape index (κ1) is 13.2. The van der Waals surface area contributed by atoms with Crippen LogP contribution < -0.4 is 5.32 Å². The molecule has 1 aromatic heterocycles. The molecule has 0 aliphatic rings. The predicted molar refractivity (Wildman–Crippen MR) is 76.1 cm³/mol. The molecule has 0 atom stereocenters. The molecule has 2 rings (SSSR count). The first-order valence-electron chi connectivity index (χ1n) is 6.07. The number of nitrogens with zero attached hydrogens (tertiary/aromatic N) is 3. The normalized spacial score (nSPS) is 10.8. The smallest absolute Gasteiger partial charge is 0.156 e. The largest absolute Gasteiger partial charge is 0.313 e. The zero-order valence-corrected chi connectivity index (χ0v) is 12.2. The van der Waals surface area contributed by atoms with Gasteiger partial charge in [-0.1, -0.05) is 36.4 Å². The Kier molecular flexibility index (Phi) is 4.49. The highest BCUT2D eigenvalue weighted by molar-refractivity contribution is 9.10. The molecule has 0 bridgehead atoms. The van der Waals surface area contributed by atoms with Crippen LogP contribution in [0.5, 0.6) is 0 Å². The van der Waals surface area contributed by atoms with Gasteiger partial charge in [0, 0.05) is 19.2 Å². The van der Waals surface area contributed by atoms with Crippen molar-refractivity contribution in [2.75, 3.05) is 6.54 Å². The molecular formula is C13H17BrN4. The maximum absolute atomic E-state index is 3.99. The molecule has 1 N–H and O–H groups in total. The fourth-order valence-corrected chi connectivity index (χ4v) is 2.38. The second-order valence-corrected chi connectivity index (χ2v) is 4.98. The minimum Gasteiger partial charge on any atom is -0.313 e. The molecule has 0 unspecified atom stereocenters. The van der Waals surface area contributed by atoms with E-state index < -0.39 is 0 Å². The van der Waals surface area contributed by atoms with E-state index >= 15 is 0 Å². The standard InChI is InChI=1S/C13H17BrN4/c1-3-8-15-9-10-4-6-11(7-5-10)12-13(14)16-17-18(12)2/h4-7,15H,3,8-9H2,1-2H3. The average molecular weight is 309 g/mol. The van der Waals surface area contributed by atoms with Gasteiger partial charge in [-0.2, -0.15) is 0 Å². The number of aromatic nitrogens is 3.